The van der Waals surface area contributed by atoms with Gasteiger partial charge in [0, 0.05) is 18.8 Å². The number of carboxylic acids is 2. The smallest absolute Gasteiger partial charge is 0.304 e. The first-order valence-corrected chi connectivity index (χ1v) is 8.28. The van der Waals surface area contributed by atoms with E-state index in [1.807, 2.05) is 0 Å². The van der Waals surface area contributed by atoms with Gasteiger partial charge in [0.15, 0.2) is 0 Å². The van der Waals surface area contributed by atoms with E-state index in [1.54, 1.807) is 0 Å². The van der Waals surface area contributed by atoms with Crippen LogP contribution in [0.3, 0.4) is 0 Å². The maximum atomic E-state index is 11.9. The maximum Gasteiger partial charge on any atom is 0.304 e. The van der Waals surface area contributed by atoms with Gasteiger partial charge in [0.05, 0.1) is 18.9 Å². The lowest BCUT2D eigenvalue weighted by atomic mass is 10.1. The van der Waals surface area contributed by atoms with Crippen LogP contribution in [0.2, 0.25) is 0 Å². The van der Waals surface area contributed by atoms with Crippen LogP contribution in [0.4, 0.5) is 0 Å². The molecular weight excluding hydrogens is 289 g/mol. The molecule has 0 aromatic heterocycles. The van der Waals surface area contributed by atoms with Crippen molar-refractivity contribution in [3.8, 4) is 0 Å². The van der Waals surface area contributed by atoms with Crippen LogP contribution in [-0.2, 0) is 18.9 Å². The van der Waals surface area contributed by atoms with Crippen LogP contribution in [0.1, 0.15) is 32.1 Å². The van der Waals surface area contributed by atoms with Crippen molar-refractivity contribution in [2.75, 3.05) is 12.8 Å². The minimum Gasteiger partial charge on any atom is -0.481 e. The molecule has 1 aliphatic heterocycles. The first-order valence-electron chi connectivity index (χ1n) is 6.43. The lowest BCUT2D eigenvalue weighted by molar-refractivity contribution is -0.139. The fraction of sp³-hybridized carbons (Fsp3) is 0.818. The molecule has 4 N–H and O–H groups in total. The van der Waals surface area contributed by atoms with Crippen molar-refractivity contribution in [2.45, 2.75) is 44.2 Å². The summed E-state index contributed by atoms with van der Waals surface area (Å²) in [7, 11) is -3.77. The van der Waals surface area contributed by atoms with Crippen molar-refractivity contribution >= 4 is 19.5 Å². The molecule has 20 heavy (non-hydrogen) atoms. The predicted molar refractivity (Wildman–Crippen MR) is 69.7 cm³/mol. The van der Waals surface area contributed by atoms with Gasteiger partial charge in [0.2, 0.25) is 0 Å². The van der Waals surface area contributed by atoms with E-state index < -0.39 is 38.3 Å². The topological polar surface area (TPSA) is 133 Å². The van der Waals surface area contributed by atoms with Crippen molar-refractivity contribution in [1.82, 2.24) is 5.09 Å². The van der Waals surface area contributed by atoms with Gasteiger partial charge in [0.1, 0.15) is 0 Å². The molecule has 116 valence electrons. The lowest BCUT2D eigenvalue weighted by Crippen LogP contribution is -2.32. The largest absolute Gasteiger partial charge is 0.481 e. The third kappa shape index (κ3) is 7.00. The summed E-state index contributed by atoms with van der Waals surface area (Å²) in [5.41, 5.74) is 0. The summed E-state index contributed by atoms with van der Waals surface area (Å²) >= 11 is 0. The maximum absolute atomic E-state index is 11.9. The highest BCUT2D eigenvalue weighted by atomic mass is 31.2. The average Bonchev–Trinajstić information content (AvgIpc) is 2.76. The predicted octanol–water partition coefficient (Wildman–Crippen LogP) is 0.648. The number of nitrogens with one attached hydrogen (secondary N) is 1. The normalized spacial score (nSPS) is 21.8. The Morgan fingerprint density at radius 2 is 1.90 bits per heavy atom. The minimum absolute atomic E-state index is 0.0466. The fourth-order valence-corrected chi connectivity index (χ4v) is 3.65. The number of aliphatic carboxylic acids is 2. The summed E-state index contributed by atoms with van der Waals surface area (Å²) in [5, 5.41) is 19.6. The number of hydrogen-bond acceptors (Lipinski definition) is 4. The highest BCUT2D eigenvalue weighted by molar-refractivity contribution is 7.55. The van der Waals surface area contributed by atoms with Gasteiger partial charge < -0.3 is 19.8 Å². The number of rotatable bonds is 9. The summed E-state index contributed by atoms with van der Waals surface area (Å²) < 4.78 is 17.3. The molecule has 1 heterocycles. The van der Waals surface area contributed by atoms with Crippen LogP contribution in [0, 0.1) is 0 Å². The van der Waals surface area contributed by atoms with Crippen molar-refractivity contribution in [2.24, 2.45) is 0 Å². The van der Waals surface area contributed by atoms with E-state index in [4.69, 9.17) is 14.9 Å². The van der Waals surface area contributed by atoms with Gasteiger partial charge in [-0.25, -0.2) is 5.09 Å². The zero-order valence-electron chi connectivity index (χ0n) is 11.0. The Bertz CT molecular complexity index is 378. The van der Waals surface area contributed by atoms with Crippen LogP contribution < -0.4 is 5.09 Å². The standard InChI is InChI=1S/C11H20NO7P/c13-10(14)6-8(7-11(15)16)12-20(17,18)5-3-9-2-1-4-19-9/h8-9H,1-7H2,(H,13,14)(H,15,16)(H2,12,17,18). The first kappa shape index (κ1) is 17.1. The number of carboxylic acid groups (broad SMARTS) is 2. The fourth-order valence-electron chi connectivity index (χ4n) is 2.13. The van der Waals surface area contributed by atoms with E-state index in [0.29, 0.717) is 13.0 Å². The summed E-state index contributed by atoms with van der Waals surface area (Å²) in [6.07, 6.45) is 1.02. The highest BCUT2D eigenvalue weighted by Gasteiger charge is 2.28. The van der Waals surface area contributed by atoms with Crippen molar-refractivity contribution < 1.29 is 34.0 Å². The van der Waals surface area contributed by atoms with Crippen LogP contribution >= 0.6 is 7.52 Å². The second kappa shape index (κ2) is 7.73. The zero-order valence-corrected chi connectivity index (χ0v) is 11.9. The molecular formula is C11H20NO7P. The van der Waals surface area contributed by atoms with Gasteiger partial charge in [-0.05, 0) is 19.3 Å². The molecule has 2 unspecified atom stereocenters. The summed E-state index contributed by atoms with van der Waals surface area (Å²) in [4.78, 5) is 31.0. The molecule has 1 rings (SSSR count). The summed E-state index contributed by atoms with van der Waals surface area (Å²) in [6.45, 7) is 0.647. The van der Waals surface area contributed by atoms with Crippen LogP contribution in [-0.4, -0.2) is 52.0 Å². The SMILES string of the molecule is O=C(O)CC(CC(=O)O)NP(=O)(O)CCC1CCCO1. The molecule has 0 aromatic carbocycles. The molecule has 0 aromatic rings. The molecule has 0 bridgehead atoms. The van der Waals surface area contributed by atoms with Gasteiger partial charge in [-0.2, -0.15) is 0 Å². The molecule has 1 fully saturated rings. The Labute approximate surface area is 116 Å². The minimum atomic E-state index is -3.77. The van der Waals surface area contributed by atoms with Gasteiger partial charge >= 0.3 is 11.9 Å². The monoisotopic (exact) mass is 309 g/mol. The van der Waals surface area contributed by atoms with E-state index in [1.165, 1.54) is 0 Å². The van der Waals surface area contributed by atoms with E-state index >= 15 is 0 Å². The Hall–Kier alpha value is -0.950. The Balaban J connectivity index is 2.47. The van der Waals surface area contributed by atoms with Gasteiger partial charge in [-0.3, -0.25) is 14.2 Å². The zero-order chi connectivity index (χ0) is 15.2. The Kier molecular flexibility index (Phi) is 6.61. The van der Waals surface area contributed by atoms with Crippen molar-refractivity contribution in [3.05, 3.63) is 0 Å². The van der Waals surface area contributed by atoms with Crippen LogP contribution in [0.25, 0.3) is 0 Å². The molecule has 0 aliphatic carbocycles. The van der Waals surface area contributed by atoms with E-state index in [9.17, 15) is 19.0 Å². The quantitative estimate of drug-likeness (QED) is 0.456. The molecule has 9 heteroatoms. The Morgan fingerprint density at radius 1 is 1.30 bits per heavy atom. The first-order chi connectivity index (χ1) is 9.28. The molecule has 1 saturated heterocycles. The van der Waals surface area contributed by atoms with E-state index in [2.05, 4.69) is 5.09 Å². The molecule has 0 saturated carbocycles. The number of ether oxygens (including phenoxy) is 1. The van der Waals surface area contributed by atoms with Crippen molar-refractivity contribution in [3.63, 3.8) is 0 Å². The lowest BCUT2D eigenvalue weighted by Gasteiger charge is -2.20. The number of carbonyl (C=O) groups is 2. The molecule has 0 radical (unpaired) electrons. The average molecular weight is 309 g/mol. The van der Waals surface area contributed by atoms with Crippen LogP contribution in [0.5, 0.6) is 0 Å². The molecule has 2 atom stereocenters. The Morgan fingerprint density at radius 3 is 2.35 bits per heavy atom. The van der Waals surface area contributed by atoms with Crippen LogP contribution in [0.15, 0.2) is 0 Å². The second-order valence-corrected chi connectivity index (χ2v) is 6.98. The van der Waals surface area contributed by atoms with Gasteiger partial charge in [-0.1, -0.05) is 0 Å². The van der Waals surface area contributed by atoms with E-state index in [-0.39, 0.29) is 12.3 Å². The number of hydrogen-bond donors (Lipinski definition) is 4. The summed E-state index contributed by atoms with van der Waals surface area (Å²) in [5.74, 6) is -2.44. The molecule has 1 aliphatic rings. The molecule has 8 nitrogen and oxygen atoms in total. The third-order valence-electron chi connectivity index (χ3n) is 3.00. The van der Waals surface area contributed by atoms with Crippen molar-refractivity contribution in [1.29, 1.82) is 0 Å². The molecule has 0 spiro atoms. The highest BCUT2D eigenvalue weighted by Crippen LogP contribution is 2.39. The second-order valence-electron chi connectivity index (χ2n) is 4.87. The van der Waals surface area contributed by atoms with E-state index in [0.717, 1.165) is 12.8 Å². The van der Waals surface area contributed by atoms with Gasteiger partial charge in [-0.15, -0.1) is 0 Å². The van der Waals surface area contributed by atoms with Gasteiger partial charge in [0.25, 0.3) is 7.52 Å². The summed E-state index contributed by atoms with van der Waals surface area (Å²) in [6, 6.07) is -1.06. The third-order valence-corrected chi connectivity index (χ3v) is 4.64. The molecule has 0 amide bonds.